The van der Waals surface area contributed by atoms with Crippen molar-refractivity contribution in [3.05, 3.63) is 82.7 Å². The van der Waals surface area contributed by atoms with E-state index in [1.807, 2.05) is 13.0 Å². The SMILES string of the molecule is Cc1ccc(-c2nc(SCC(=O)c3cc(C)n(C[C@H]4CCCO4)c3C)[nH]c2-c2ccc(C)cc2)cc1. The summed E-state index contributed by atoms with van der Waals surface area (Å²) >= 11 is 1.46. The molecule has 2 aromatic heterocycles. The van der Waals surface area contributed by atoms with E-state index in [1.54, 1.807) is 0 Å². The van der Waals surface area contributed by atoms with Crippen LogP contribution in [0.4, 0.5) is 0 Å². The van der Waals surface area contributed by atoms with Crippen LogP contribution in [0, 0.1) is 27.7 Å². The van der Waals surface area contributed by atoms with Crippen LogP contribution in [0.1, 0.15) is 45.7 Å². The van der Waals surface area contributed by atoms with E-state index in [-0.39, 0.29) is 11.9 Å². The number of rotatable bonds is 8. The summed E-state index contributed by atoms with van der Waals surface area (Å²) in [6, 6.07) is 18.9. The largest absolute Gasteiger partial charge is 0.376 e. The molecule has 1 aliphatic rings. The number of hydrogen-bond acceptors (Lipinski definition) is 4. The van der Waals surface area contributed by atoms with Gasteiger partial charge in [0.15, 0.2) is 10.9 Å². The molecular formula is C30H33N3O2S. The number of aromatic amines is 1. The number of thioether (sulfide) groups is 1. The van der Waals surface area contributed by atoms with Crippen LogP contribution in [-0.2, 0) is 11.3 Å². The van der Waals surface area contributed by atoms with E-state index >= 15 is 0 Å². The minimum atomic E-state index is 0.122. The van der Waals surface area contributed by atoms with Gasteiger partial charge in [0.1, 0.15) is 0 Å². The molecule has 0 spiro atoms. The second-order valence-corrected chi connectivity index (χ2v) is 10.7. The highest BCUT2D eigenvalue weighted by Gasteiger charge is 2.22. The number of hydrogen-bond donors (Lipinski definition) is 1. The van der Waals surface area contributed by atoms with E-state index in [1.165, 1.54) is 22.9 Å². The van der Waals surface area contributed by atoms with E-state index in [0.717, 1.165) is 70.6 Å². The molecular weight excluding hydrogens is 466 g/mol. The minimum absolute atomic E-state index is 0.122. The van der Waals surface area contributed by atoms with Crippen molar-refractivity contribution in [1.29, 1.82) is 0 Å². The standard InChI is InChI=1S/C30H33N3O2S/c1-19-7-11-23(12-8-19)28-29(24-13-9-20(2)10-14-24)32-30(31-28)36-18-27(34)26-16-21(3)33(22(26)4)17-25-6-5-15-35-25/h7-14,16,25H,5-6,15,17-18H2,1-4H3,(H,31,32)/t25-/m1/s1. The first-order valence-corrected chi connectivity index (χ1v) is 13.6. The Balaban J connectivity index is 1.37. The van der Waals surface area contributed by atoms with Gasteiger partial charge in [-0.1, -0.05) is 71.4 Å². The Hall–Kier alpha value is -3.09. The van der Waals surface area contributed by atoms with Crippen LogP contribution < -0.4 is 0 Å². The molecule has 1 aliphatic heterocycles. The summed E-state index contributed by atoms with van der Waals surface area (Å²) in [6.07, 6.45) is 2.45. The molecule has 6 heteroatoms. The number of benzene rings is 2. The molecule has 0 saturated carbocycles. The molecule has 0 amide bonds. The first-order valence-electron chi connectivity index (χ1n) is 12.6. The average molecular weight is 500 g/mol. The van der Waals surface area contributed by atoms with Crippen molar-refractivity contribution in [2.75, 3.05) is 12.4 Å². The first-order chi connectivity index (χ1) is 17.4. The van der Waals surface area contributed by atoms with Crippen molar-refractivity contribution >= 4 is 17.5 Å². The maximum atomic E-state index is 13.2. The third kappa shape index (κ3) is 5.20. The number of aryl methyl sites for hydroxylation is 3. The molecule has 2 aromatic carbocycles. The number of ketones is 1. The lowest BCUT2D eigenvalue weighted by molar-refractivity contribution is 0.0957. The Bertz CT molecular complexity index is 1300. The van der Waals surface area contributed by atoms with Crippen molar-refractivity contribution in [2.24, 2.45) is 0 Å². The summed E-state index contributed by atoms with van der Waals surface area (Å²) in [6.45, 7) is 9.93. The fraction of sp³-hybridized carbons (Fsp3) is 0.333. The number of carbonyl (C=O) groups is 1. The van der Waals surface area contributed by atoms with E-state index < -0.39 is 0 Å². The maximum Gasteiger partial charge on any atom is 0.175 e. The molecule has 3 heterocycles. The highest BCUT2D eigenvalue weighted by atomic mass is 32.2. The molecule has 5 rings (SSSR count). The Kier molecular flexibility index (Phi) is 7.17. The summed E-state index contributed by atoms with van der Waals surface area (Å²) in [5.41, 5.74) is 9.37. The van der Waals surface area contributed by atoms with Crippen LogP contribution in [0.15, 0.2) is 59.8 Å². The summed E-state index contributed by atoms with van der Waals surface area (Å²) < 4.78 is 8.05. The van der Waals surface area contributed by atoms with Gasteiger partial charge in [-0.2, -0.15) is 0 Å². The summed E-state index contributed by atoms with van der Waals surface area (Å²) in [7, 11) is 0. The van der Waals surface area contributed by atoms with Crippen molar-refractivity contribution in [1.82, 2.24) is 14.5 Å². The number of Topliss-reactive ketones (excluding diaryl/α,β-unsaturated/α-hetero) is 1. The zero-order chi connectivity index (χ0) is 25.2. The van der Waals surface area contributed by atoms with Crippen molar-refractivity contribution in [3.63, 3.8) is 0 Å². The molecule has 4 aromatic rings. The lowest BCUT2D eigenvalue weighted by Crippen LogP contribution is -2.17. The predicted molar refractivity (Wildman–Crippen MR) is 147 cm³/mol. The number of H-pyrrole nitrogens is 1. The summed E-state index contributed by atoms with van der Waals surface area (Å²) in [5, 5.41) is 0.752. The molecule has 1 atom stereocenters. The molecule has 1 N–H and O–H groups in total. The van der Waals surface area contributed by atoms with Gasteiger partial charge in [0.25, 0.3) is 0 Å². The van der Waals surface area contributed by atoms with E-state index in [0.29, 0.717) is 5.75 Å². The first kappa shape index (κ1) is 24.6. The molecule has 5 nitrogen and oxygen atoms in total. The van der Waals surface area contributed by atoms with Gasteiger partial charge in [0, 0.05) is 41.2 Å². The molecule has 0 aliphatic carbocycles. The van der Waals surface area contributed by atoms with Gasteiger partial charge < -0.3 is 14.3 Å². The Morgan fingerprint density at radius 1 is 1.03 bits per heavy atom. The number of imidazole rings is 1. The Morgan fingerprint density at radius 2 is 1.69 bits per heavy atom. The monoisotopic (exact) mass is 499 g/mol. The number of nitrogens with one attached hydrogen (secondary N) is 1. The number of carbonyl (C=O) groups excluding carboxylic acids is 1. The van der Waals surface area contributed by atoms with Gasteiger partial charge in [-0.3, -0.25) is 4.79 Å². The second-order valence-electron chi connectivity index (χ2n) is 9.74. The van der Waals surface area contributed by atoms with Gasteiger partial charge in [-0.25, -0.2) is 4.98 Å². The van der Waals surface area contributed by atoms with Crippen molar-refractivity contribution < 1.29 is 9.53 Å². The molecule has 186 valence electrons. The van der Waals surface area contributed by atoms with Gasteiger partial charge in [-0.15, -0.1) is 0 Å². The van der Waals surface area contributed by atoms with E-state index in [2.05, 4.69) is 78.9 Å². The highest BCUT2D eigenvalue weighted by molar-refractivity contribution is 7.99. The maximum absolute atomic E-state index is 13.2. The Labute approximate surface area is 217 Å². The quantitative estimate of drug-likeness (QED) is 0.211. The highest BCUT2D eigenvalue weighted by Crippen LogP contribution is 2.33. The van der Waals surface area contributed by atoms with Gasteiger partial charge in [0.2, 0.25) is 0 Å². The van der Waals surface area contributed by atoms with Crippen LogP contribution in [0.5, 0.6) is 0 Å². The molecule has 0 radical (unpaired) electrons. The lowest BCUT2D eigenvalue weighted by atomic mass is 10.0. The normalized spacial score (nSPS) is 15.5. The smallest absolute Gasteiger partial charge is 0.175 e. The van der Waals surface area contributed by atoms with Crippen LogP contribution >= 0.6 is 11.8 Å². The molecule has 36 heavy (non-hydrogen) atoms. The third-order valence-electron chi connectivity index (χ3n) is 6.97. The lowest BCUT2D eigenvalue weighted by Gasteiger charge is -2.14. The number of ether oxygens (including phenoxy) is 1. The van der Waals surface area contributed by atoms with Crippen LogP contribution in [-0.4, -0.2) is 38.8 Å². The number of nitrogens with zero attached hydrogens (tertiary/aromatic N) is 2. The minimum Gasteiger partial charge on any atom is -0.376 e. The van der Waals surface area contributed by atoms with Gasteiger partial charge in [-0.05, 0) is 46.6 Å². The fourth-order valence-corrected chi connectivity index (χ4v) is 5.59. The molecule has 0 unspecified atom stereocenters. The van der Waals surface area contributed by atoms with E-state index in [4.69, 9.17) is 9.72 Å². The van der Waals surface area contributed by atoms with Gasteiger partial charge in [0.05, 0.1) is 23.2 Å². The van der Waals surface area contributed by atoms with Crippen LogP contribution in [0.2, 0.25) is 0 Å². The zero-order valence-corrected chi connectivity index (χ0v) is 22.2. The van der Waals surface area contributed by atoms with Crippen LogP contribution in [0.3, 0.4) is 0 Å². The summed E-state index contributed by atoms with van der Waals surface area (Å²) in [4.78, 5) is 21.7. The topological polar surface area (TPSA) is 59.9 Å². The van der Waals surface area contributed by atoms with Crippen molar-refractivity contribution in [3.8, 4) is 22.5 Å². The molecule has 1 fully saturated rings. The summed E-state index contributed by atoms with van der Waals surface area (Å²) in [5.74, 6) is 0.454. The molecule has 1 saturated heterocycles. The van der Waals surface area contributed by atoms with Crippen LogP contribution in [0.25, 0.3) is 22.5 Å². The predicted octanol–water partition coefficient (Wildman–Crippen LogP) is 6.93. The van der Waals surface area contributed by atoms with Crippen molar-refractivity contribution in [2.45, 2.75) is 58.3 Å². The zero-order valence-electron chi connectivity index (χ0n) is 21.4. The second kappa shape index (κ2) is 10.5. The molecule has 0 bridgehead atoms. The third-order valence-corrected chi connectivity index (χ3v) is 7.84. The number of aromatic nitrogens is 3. The van der Waals surface area contributed by atoms with E-state index in [9.17, 15) is 4.79 Å². The fourth-order valence-electron chi connectivity index (χ4n) is 4.84. The average Bonchev–Trinajstić information content (AvgIpc) is 3.60. The Morgan fingerprint density at radius 3 is 2.33 bits per heavy atom. The van der Waals surface area contributed by atoms with Gasteiger partial charge >= 0.3 is 0 Å².